The molecule has 0 bridgehead atoms. The topological polar surface area (TPSA) is 32.3 Å². The van der Waals surface area contributed by atoms with Crippen LogP contribution in [0.3, 0.4) is 0 Å². The Balaban J connectivity index is 2.29. The molecule has 18 heavy (non-hydrogen) atoms. The molecule has 1 aromatic rings. The van der Waals surface area contributed by atoms with Gasteiger partial charge in [-0.1, -0.05) is 37.1 Å². The second-order valence-corrected chi connectivity index (χ2v) is 5.66. The monoisotopic (exact) mass is 267 g/mol. The first-order valence-electron chi connectivity index (χ1n) is 6.86. The van der Waals surface area contributed by atoms with Crippen LogP contribution >= 0.6 is 11.6 Å². The molecule has 1 saturated heterocycles. The average Bonchev–Trinajstić information content (AvgIpc) is 2.40. The first-order valence-corrected chi connectivity index (χ1v) is 7.23. The third kappa shape index (κ3) is 2.87. The lowest BCUT2D eigenvalue weighted by molar-refractivity contribution is -0.0412. The second-order valence-electron chi connectivity index (χ2n) is 5.23. The molecular weight excluding hydrogens is 246 g/mol. The summed E-state index contributed by atoms with van der Waals surface area (Å²) in [5, 5.41) is 15.2. The lowest BCUT2D eigenvalue weighted by atomic mass is 9.75. The first-order chi connectivity index (χ1) is 8.66. The molecule has 2 rings (SSSR count). The molecule has 2 nitrogen and oxygen atoms in total. The predicted molar refractivity (Wildman–Crippen MR) is 75.9 cm³/mol. The molecule has 0 amide bonds. The molecule has 0 saturated carbocycles. The number of rotatable bonds is 4. The molecule has 1 aromatic carbocycles. The Morgan fingerprint density at radius 2 is 2.33 bits per heavy atom. The van der Waals surface area contributed by atoms with E-state index in [9.17, 15) is 5.11 Å². The van der Waals surface area contributed by atoms with E-state index in [0.717, 1.165) is 44.3 Å². The lowest BCUT2D eigenvalue weighted by Gasteiger charge is -2.39. The van der Waals surface area contributed by atoms with Crippen molar-refractivity contribution in [3.8, 4) is 0 Å². The minimum Gasteiger partial charge on any atom is -0.385 e. The Bertz CT molecular complexity index is 390. The van der Waals surface area contributed by atoms with Gasteiger partial charge in [0.1, 0.15) is 0 Å². The zero-order valence-electron chi connectivity index (χ0n) is 11.0. The zero-order chi connectivity index (χ0) is 13.0. The number of piperidine rings is 1. The minimum absolute atomic E-state index is 0.282. The van der Waals surface area contributed by atoms with Crippen LogP contribution in [0.1, 0.15) is 38.2 Å². The molecule has 0 aromatic heterocycles. The summed E-state index contributed by atoms with van der Waals surface area (Å²) in [6, 6.07) is 7.69. The zero-order valence-corrected chi connectivity index (χ0v) is 11.7. The predicted octanol–water partition coefficient (Wildman–Crippen LogP) is 3.33. The summed E-state index contributed by atoms with van der Waals surface area (Å²) in [4.78, 5) is 0. The highest BCUT2D eigenvalue weighted by Gasteiger charge is 2.38. The van der Waals surface area contributed by atoms with Crippen LogP contribution in [0.25, 0.3) is 0 Å². The lowest BCUT2D eigenvalue weighted by Crippen LogP contribution is -2.44. The van der Waals surface area contributed by atoms with Gasteiger partial charge in [0.05, 0.1) is 5.60 Å². The summed E-state index contributed by atoms with van der Waals surface area (Å²) >= 11 is 6.06. The summed E-state index contributed by atoms with van der Waals surface area (Å²) in [6.07, 6.45) is 3.98. The van der Waals surface area contributed by atoms with Crippen LogP contribution < -0.4 is 5.32 Å². The van der Waals surface area contributed by atoms with E-state index < -0.39 is 5.60 Å². The van der Waals surface area contributed by atoms with Gasteiger partial charge in [0.2, 0.25) is 0 Å². The van der Waals surface area contributed by atoms with Crippen molar-refractivity contribution in [1.82, 2.24) is 5.32 Å². The van der Waals surface area contributed by atoms with Crippen LogP contribution in [0.2, 0.25) is 5.02 Å². The highest BCUT2D eigenvalue weighted by molar-refractivity contribution is 6.30. The number of nitrogens with one attached hydrogen (secondary N) is 1. The Kier molecular flexibility index (Phi) is 4.66. The maximum Gasteiger partial charge on any atom is 0.0937 e. The van der Waals surface area contributed by atoms with Gasteiger partial charge in [-0.3, -0.25) is 0 Å². The first kappa shape index (κ1) is 13.9. The van der Waals surface area contributed by atoms with E-state index in [1.54, 1.807) is 0 Å². The molecule has 0 aliphatic carbocycles. The van der Waals surface area contributed by atoms with E-state index in [2.05, 4.69) is 12.2 Å². The molecular formula is C15H22ClNO. The van der Waals surface area contributed by atoms with Gasteiger partial charge >= 0.3 is 0 Å². The van der Waals surface area contributed by atoms with Crippen molar-refractivity contribution in [3.63, 3.8) is 0 Å². The van der Waals surface area contributed by atoms with E-state index in [1.807, 2.05) is 24.3 Å². The van der Waals surface area contributed by atoms with Crippen LogP contribution in [0, 0.1) is 5.92 Å². The van der Waals surface area contributed by atoms with Crippen LogP contribution in [-0.4, -0.2) is 18.2 Å². The van der Waals surface area contributed by atoms with E-state index in [4.69, 9.17) is 11.6 Å². The number of benzene rings is 1. The molecule has 1 aliphatic rings. The van der Waals surface area contributed by atoms with Crippen molar-refractivity contribution >= 4 is 11.6 Å². The molecule has 0 spiro atoms. The van der Waals surface area contributed by atoms with Gasteiger partial charge in [-0.15, -0.1) is 0 Å². The molecule has 1 unspecified atom stereocenters. The number of halogens is 1. The maximum atomic E-state index is 11.1. The van der Waals surface area contributed by atoms with Gasteiger partial charge in [-0.2, -0.15) is 0 Å². The molecule has 3 heteroatoms. The fraction of sp³-hybridized carbons (Fsp3) is 0.600. The Morgan fingerprint density at radius 1 is 1.50 bits per heavy atom. The molecule has 2 N–H and O–H groups in total. The fourth-order valence-electron chi connectivity index (χ4n) is 2.98. The van der Waals surface area contributed by atoms with Crippen LogP contribution in [0.15, 0.2) is 24.3 Å². The van der Waals surface area contributed by atoms with Gasteiger partial charge in [0.15, 0.2) is 0 Å². The summed E-state index contributed by atoms with van der Waals surface area (Å²) in [5.41, 5.74) is 0.220. The Morgan fingerprint density at radius 3 is 2.94 bits per heavy atom. The van der Waals surface area contributed by atoms with Gasteiger partial charge in [-0.25, -0.2) is 0 Å². The Labute approximate surface area is 114 Å². The quantitative estimate of drug-likeness (QED) is 0.877. The van der Waals surface area contributed by atoms with E-state index in [0.29, 0.717) is 5.02 Å². The summed E-state index contributed by atoms with van der Waals surface area (Å²) in [5.74, 6) is 0.282. The summed E-state index contributed by atoms with van der Waals surface area (Å²) in [6.45, 7) is 4.07. The van der Waals surface area contributed by atoms with Crippen molar-refractivity contribution < 1.29 is 5.11 Å². The van der Waals surface area contributed by atoms with Gasteiger partial charge < -0.3 is 10.4 Å². The van der Waals surface area contributed by atoms with Crippen molar-refractivity contribution in [1.29, 1.82) is 0 Å². The van der Waals surface area contributed by atoms with Crippen molar-refractivity contribution in [2.45, 2.75) is 38.2 Å². The summed E-state index contributed by atoms with van der Waals surface area (Å²) in [7, 11) is 0. The van der Waals surface area contributed by atoms with E-state index in [-0.39, 0.29) is 5.92 Å². The van der Waals surface area contributed by atoms with Gasteiger partial charge in [0, 0.05) is 17.5 Å². The number of hydrogen-bond acceptors (Lipinski definition) is 2. The van der Waals surface area contributed by atoms with Crippen LogP contribution in [-0.2, 0) is 5.60 Å². The van der Waals surface area contributed by atoms with E-state index in [1.165, 1.54) is 0 Å². The fourth-order valence-corrected chi connectivity index (χ4v) is 3.17. The molecule has 2 atom stereocenters. The number of hydrogen-bond donors (Lipinski definition) is 2. The SMILES string of the molecule is CCC[C@@](O)(c1cccc(Cl)c1)C1CCCNC1. The molecule has 1 heterocycles. The minimum atomic E-state index is -0.743. The molecule has 1 fully saturated rings. The third-order valence-corrected chi connectivity index (χ3v) is 4.16. The average molecular weight is 268 g/mol. The largest absolute Gasteiger partial charge is 0.385 e. The molecule has 1 aliphatic heterocycles. The standard InChI is InChI=1S/C15H22ClNO/c1-2-8-15(18,13-6-4-9-17-11-13)12-5-3-7-14(16)10-12/h3,5,7,10,13,17-18H,2,4,6,8-9,11H2,1H3/t13?,15-/m1/s1. The highest BCUT2D eigenvalue weighted by atomic mass is 35.5. The highest BCUT2D eigenvalue weighted by Crippen LogP contribution is 2.38. The third-order valence-electron chi connectivity index (χ3n) is 3.93. The molecule has 100 valence electrons. The summed E-state index contributed by atoms with van der Waals surface area (Å²) < 4.78 is 0. The van der Waals surface area contributed by atoms with Crippen molar-refractivity contribution in [3.05, 3.63) is 34.9 Å². The van der Waals surface area contributed by atoms with E-state index >= 15 is 0 Å². The second kappa shape index (κ2) is 6.05. The van der Waals surface area contributed by atoms with Crippen LogP contribution in [0.5, 0.6) is 0 Å². The Hall–Kier alpha value is -0.570. The van der Waals surface area contributed by atoms with Gasteiger partial charge in [-0.05, 0) is 43.5 Å². The number of aliphatic hydroxyl groups is 1. The normalized spacial score (nSPS) is 23.6. The maximum absolute atomic E-state index is 11.1. The van der Waals surface area contributed by atoms with Crippen LogP contribution in [0.4, 0.5) is 0 Å². The van der Waals surface area contributed by atoms with Crippen molar-refractivity contribution in [2.24, 2.45) is 5.92 Å². The van der Waals surface area contributed by atoms with Gasteiger partial charge in [0.25, 0.3) is 0 Å². The van der Waals surface area contributed by atoms with Crippen molar-refractivity contribution in [2.75, 3.05) is 13.1 Å². The smallest absolute Gasteiger partial charge is 0.0937 e. The molecule has 0 radical (unpaired) electrons.